The Labute approximate surface area is 127 Å². The number of carbonyl (C=O) groups is 1. The van der Waals surface area contributed by atoms with E-state index in [4.69, 9.17) is 11.6 Å². The summed E-state index contributed by atoms with van der Waals surface area (Å²) in [7, 11) is 0. The van der Waals surface area contributed by atoms with Gasteiger partial charge in [-0.25, -0.2) is 0 Å². The lowest BCUT2D eigenvalue weighted by molar-refractivity contribution is -0.132. The molecule has 1 aromatic rings. The second kappa shape index (κ2) is 7.27. The van der Waals surface area contributed by atoms with Crippen molar-refractivity contribution in [3.05, 3.63) is 34.3 Å². The van der Waals surface area contributed by atoms with E-state index in [0.29, 0.717) is 12.3 Å². The van der Waals surface area contributed by atoms with Crippen molar-refractivity contribution in [3.8, 4) is 0 Å². The molecule has 0 bridgehead atoms. The molecule has 0 aromatic heterocycles. The van der Waals surface area contributed by atoms with Gasteiger partial charge in [0.2, 0.25) is 5.91 Å². The van der Waals surface area contributed by atoms with E-state index < -0.39 is 0 Å². The molecule has 0 aliphatic carbocycles. The van der Waals surface area contributed by atoms with Gasteiger partial charge in [0.1, 0.15) is 0 Å². The standard InChI is InChI=1S/C14H18BrClN2O/c15-13-3-1-2-12(10-13)11-14(19)18-8-6-17(5-4-16)7-9-18/h1-3,10H,4-9,11H2. The summed E-state index contributed by atoms with van der Waals surface area (Å²) in [5.41, 5.74) is 1.06. The van der Waals surface area contributed by atoms with Gasteiger partial charge >= 0.3 is 0 Å². The number of piperazine rings is 1. The molecule has 0 N–H and O–H groups in total. The Balaban J connectivity index is 1.84. The van der Waals surface area contributed by atoms with Crippen molar-refractivity contribution in [1.29, 1.82) is 0 Å². The summed E-state index contributed by atoms with van der Waals surface area (Å²) >= 11 is 9.16. The van der Waals surface area contributed by atoms with Gasteiger partial charge in [-0.2, -0.15) is 0 Å². The number of halogens is 2. The molecule has 104 valence electrons. The normalized spacial score (nSPS) is 16.6. The van der Waals surface area contributed by atoms with Gasteiger partial charge in [-0.1, -0.05) is 28.1 Å². The van der Waals surface area contributed by atoms with Gasteiger partial charge < -0.3 is 4.90 Å². The third-order valence-electron chi connectivity index (χ3n) is 3.37. The second-order valence-electron chi connectivity index (χ2n) is 4.72. The number of carbonyl (C=O) groups excluding carboxylic acids is 1. The molecule has 0 atom stereocenters. The highest BCUT2D eigenvalue weighted by Gasteiger charge is 2.20. The highest BCUT2D eigenvalue weighted by atomic mass is 79.9. The minimum absolute atomic E-state index is 0.212. The van der Waals surface area contributed by atoms with Crippen molar-refractivity contribution in [1.82, 2.24) is 9.80 Å². The largest absolute Gasteiger partial charge is 0.340 e. The van der Waals surface area contributed by atoms with Gasteiger partial charge in [-0.3, -0.25) is 9.69 Å². The van der Waals surface area contributed by atoms with Crippen LogP contribution in [-0.2, 0) is 11.2 Å². The Bertz CT molecular complexity index is 433. The van der Waals surface area contributed by atoms with E-state index in [1.54, 1.807) is 0 Å². The third-order valence-corrected chi connectivity index (χ3v) is 4.03. The van der Waals surface area contributed by atoms with Crippen LogP contribution in [0.5, 0.6) is 0 Å². The van der Waals surface area contributed by atoms with Crippen LogP contribution in [0.4, 0.5) is 0 Å². The Hall–Kier alpha value is -0.580. The molecule has 0 radical (unpaired) electrons. The van der Waals surface area contributed by atoms with Crippen LogP contribution in [0.25, 0.3) is 0 Å². The van der Waals surface area contributed by atoms with Crippen LogP contribution in [0, 0.1) is 0 Å². The molecule has 0 unspecified atom stereocenters. The molecule has 1 heterocycles. The summed E-state index contributed by atoms with van der Waals surface area (Å²) in [6, 6.07) is 7.93. The van der Waals surface area contributed by atoms with Gasteiger partial charge in [0.05, 0.1) is 6.42 Å². The molecule has 1 amide bonds. The van der Waals surface area contributed by atoms with Crippen LogP contribution < -0.4 is 0 Å². The first-order valence-electron chi connectivity index (χ1n) is 6.49. The van der Waals surface area contributed by atoms with E-state index in [0.717, 1.165) is 42.8 Å². The summed E-state index contributed by atoms with van der Waals surface area (Å²) in [5, 5.41) is 0. The van der Waals surface area contributed by atoms with Crippen molar-refractivity contribution in [2.24, 2.45) is 0 Å². The maximum absolute atomic E-state index is 12.2. The summed E-state index contributed by atoms with van der Waals surface area (Å²) in [5.74, 6) is 0.870. The minimum Gasteiger partial charge on any atom is -0.340 e. The fraction of sp³-hybridized carbons (Fsp3) is 0.500. The molecule has 19 heavy (non-hydrogen) atoms. The van der Waals surface area contributed by atoms with Gasteiger partial charge in [0.15, 0.2) is 0 Å². The maximum Gasteiger partial charge on any atom is 0.227 e. The van der Waals surface area contributed by atoms with E-state index in [1.165, 1.54) is 0 Å². The molecule has 1 aliphatic heterocycles. The average molecular weight is 346 g/mol. The number of amides is 1. The van der Waals surface area contributed by atoms with Crippen LogP contribution in [-0.4, -0.2) is 54.3 Å². The Morgan fingerprint density at radius 3 is 2.63 bits per heavy atom. The first-order chi connectivity index (χ1) is 9.19. The maximum atomic E-state index is 12.2. The third kappa shape index (κ3) is 4.48. The van der Waals surface area contributed by atoms with Crippen LogP contribution in [0.2, 0.25) is 0 Å². The number of hydrogen-bond donors (Lipinski definition) is 0. The summed E-state index contributed by atoms with van der Waals surface area (Å²) in [6.45, 7) is 4.39. The van der Waals surface area contributed by atoms with Crippen LogP contribution >= 0.6 is 27.5 Å². The SMILES string of the molecule is O=C(Cc1cccc(Br)c1)N1CCN(CCCl)CC1. The fourth-order valence-electron chi connectivity index (χ4n) is 2.27. The second-order valence-corrected chi connectivity index (χ2v) is 6.01. The quantitative estimate of drug-likeness (QED) is 0.782. The van der Waals surface area contributed by atoms with Gasteiger partial charge in [0, 0.05) is 43.1 Å². The topological polar surface area (TPSA) is 23.6 Å². The van der Waals surface area contributed by atoms with E-state index in [9.17, 15) is 4.79 Å². The van der Waals surface area contributed by atoms with Gasteiger partial charge in [-0.15, -0.1) is 11.6 Å². The van der Waals surface area contributed by atoms with Crippen molar-refractivity contribution in [3.63, 3.8) is 0 Å². The number of nitrogens with zero attached hydrogens (tertiary/aromatic N) is 2. The van der Waals surface area contributed by atoms with E-state index in [2.05, 4.69) is 20.8 Å². The molecular formula is C14H18BrClN2O. The lowest BCUT2D eigenvalue weighted by Crippen LogP contribution is -2.49. The highest BCUT2D eigenvalue weighted by molar-refractivity contribution is 9.10. The monoisotopic (exact) mass is 344 g/mol. The number of hydrogen-bond acceptors (Lipinski definition) is 2. The zero-order valence-electron chi connectivity index (χ0n) is 10.8. The Morgan fingerprint density at radius 1 is 1.26 bits per heavy atom. The number of benzene rings is 1. The molecule has 5 heteroatoms. The van der Waals surface area contributed by atoms with E-state index in [-0.39, 0.29) is 5.91 Å². The van der Waals surface area contributed by atoms with Crippen molar-refractivity contribution < 1.29 is 4.79 Å². The fourth-order valence-corrected chi connectivity index (χ4v) is 2.96. The smallest absolute Gasteiger partial charge is 0.227 e. The van der Waals surface area contributed by atoms with Gasteiger partial charge in [-0.05, 0) is 17.7 Å². The van der Waals surface area contributed by atoms with Gasteiger partial charge in [0.25, 0.3) is 0 Å². The zero-order chi connectivity index (χ0) is 13.7. The first-order valence-corrected chi connectivity index (χ1v) is 7.82. The average Bonchev–Trinajstić information content (AvgIpc) is 2.40. The molecule has 3 nitrogen and oxygen atoms in total. The lowest BCUT2D eigenvalue weighted by atomic mass is 10.1. The van der Waals surface area contributed by atoms with Crippen molar-refractivity contribution >= 4 is 33.4 Å². The van der Waals surface area contributed by atoms with Crippen LogP contribution in [0.1, 0.15) is 5.56 Å². The van der Waals surface area contributed by atoms with E-state index >= 15 is 0 Å². The molecule has 1 saturated heterocycles. The molecule has 1 aromatic carbocycles. The molecule has 0 saturated carbocycles. The molecule has 0 spiro atoms. The molecule has 1 aliphatic rings. The predicted molar refractivity (Wildman–Crippen MR) is 81.6 cm³/mol. The van der Waals surface area contributed by atoms with Crippen molar-refractivity contribution in [2.45, 2.75) is 6.42 Å². The number of rotatable bonds is 4. The molecule has 2 rings (SSSR count). The Morgan fingerprint density at radius 2 is 2.00 bits per heavy atom. The lowest BCUT2D eigenvalue weighted by Gasteiger charge is -2.34. The summed E-state index contributed by atoms with van der Waals surface area (Å²) in [4.78, 5) is 16.5. The van der Waals surface area contributed by atoms with Crippen molar-refractivity contribution in [2.75, 3.05) is 38.6 Å². The Kier molecular flexibility index (Phi) is 5.67. The molecular weight excluding hydrogens is 328 g/mol. The van der Waals surface area contributed by atoms with Crippen LogP contribution in [0.15, 0.2) is 28.7 Å². The minimum atomic E-state index is 0.212. The van der Waals surface area contributed by atoms with E-state index in [1.807, 2.05) is 29.2 Å². The number of alkyl halides is 1. The van der Waals surface area contributed by atoms with Crippen LogP contribution in [0.3, 0.4) is 0 Å². The first kappa shape index (κ1) is 14.8. The summed E-state index contributed by atoms with van der Waals surface area (Å²) < 4.78 is 1.02. The molecule has 1 fully saturated rings. The predicted octanol–water partition coefficient (Wildman–Crippen LogP) is 2.37. The zero-order valence-corrected chi connectivity index (χ0v) is 13.2. The highest BCUT2D eigenvalue weighted by Crippen LogP contribution is 2.13. The summed E-state index contributed by atoms with van der Waals surface area (Å²) in [6.07, 6.45) is 0.481.